The predicted octanol–water partition coefficient (Wildman–Crippen LogP) is 2.32. The van der Waals surface area contributed by atoms with Gasteiger partial charge in [-0.2, -0.15) is 0 Å². The Balaban J connectivity index is 2.24. The second-order valence-electron chi connectivity index (χ2n) is 5.57. The number of hydrogen-bond acceptors (Lipinski definition) is 5. The summed E-state index contributed by atoms with van der Waals surface area (Å²) >= 11 is 6.71. The van der Waals surface area contributed by atoms with Crippen LogP contribution < -0.4 is 4.72 Å². The third-order valence-electron chi connectivity index (χ3n) is 3.86. The third kappa shape index (κ3) is 3.33. The Hall–Kier alpha value is -0.210. The summed E-state index contributed by atoms with van der Waals surface area (Å²) in [5, 5.41) is 9.65. The van der Waals surface area contributed by atoms with Crippen molar-refractivity contribution in [1.29, 1.82) is 0 Å². The number of nitrogens with one attached hydrogen (secondary N) is 1. The van der Waals surface area contributed by atoms with E-state index in [9.17, 15) is 13.5 Å². The van der Waals surface area contributed by atoms with E-state index >= 15 is 0 Å². The minimum atomic E-state index is -3.70. The van der Waals surface area contributed by atoms with E-state index in [1.54, 1.807) is 6.92 Å². The number of aliphatic hydroxyl groups is 1. The predicted molar refractivity (Wildman–Crippen MR) is 79.6 cm³/mol. The molecular formula is C12H19ClN2O3S2. The summed E-state index contributed by atoms with van der Waals surface area (Å²) in [6.45, 7) is 3.57. The van der Waals surface area contributed by atoms with Crippen LogP contribution in [0.1, 0.15) is 38.3 Å². The molecule has 1 aliphatic rings. The fraction of sp³-hybridized carbons (Fsp3) is 0.750. The van der Waals surface area contributed by atoms with Crippen LogP contribution in [0.5, 0.6) is 0 Å². The molecule has 5 nitrogen and oxygen atoms in total. The van der Waals surface area contributed by atoms with E-state index in [-0.39, 0.29) is 15.3 Å². The van der Waals surface area contributed by atoms with E-state index in [0.29, 0.717) is 24.5 Å². The Bertz CT molecular complexity index is 578. The van der Waals surface area contributed by atoms with Crippen LogP contribution in [0.4, 0.5) is 0 Å². The Morgan fingerprint density at radius 1 is 1.50 bits per heavy atom. The smallest absolute Gasteiger partial charge is 0.252 e. The van der Waals surface area contributed by atoms with Crippen molar-refractivity contribution < 1.29 is 13.5 Å². The minimum absolute atomic E-state index is 0.133. The molecule has 0 aliphatic heterocycles. The van der Waals surface area contributed by atoms with Crippen LogP contribution in [0.2, 0.25) is 4.47 Å². The number of hydrogen-bond donors (Lipinski definition) is 2. The second-order valence-corrected chi connectivity index (χ2v) is 9.03. The van der Waals surface area contributed by atoms with Crippen LogP contribution in [0, 0.1) is 12.8 Å². The molecule has 8 heteroatoms. The first-order valence-corrected chi connectivity index (χ1v) is 9.23. The minimum Gasteiger partial charge on any atom is -0.394 e. The van der Waals surface area contributed by atoms with E-state index in [0.717, 1.165) is 24.2 Å². The van der Waals surface area contributed by atoms with Gasteiger partial charge in [-0.3, -0.25) is 0 Å². The van der Waals surface area contributed by atoms with Gasteiger partial charge in [0.2, 0.25) is 0 Å². The van der Waals surface area contributed by atoms with Crippen molar-refractivity contribution in [2.24, 2.45) is 5.92 Å². The molecule has 114 valence electrons. The summed E-state index contributed by atoms with van der Waals surface area (Å²) in [5.74, 6) is 0.568. The van der Waals surface area contributed by atoms with Gasteiger partial charge in [-0.25, -0.2) is 18.1 Å². The lowest BCUT2D eigenvalue weighted by molar-refractivity contribution is 0.125. The van der Waals surface area contributed by atoms with Crippen LogP contribution in [0.25, 0.3) is 0 Å². The van der Waals surface area contributed by atoms with E-state index in [4.69, 9.17) is 11.6 Å². The fourth-order valence-electron chi connectivity index (χ4n) is 2.54. The highest BCUT2D eigenvalue weighted by atomic mass is 35.5. The SMILES string of the molecule is Cc1nc(Cl)sc1S(=O)(=O)NC1(CO)CCC(C)CC1. The number of nitrogens with zero attached hydrogens (tertiary/aromatic N) is 1. The van der Waals surface area contributed by atoms with Gasteiger partial charge < -0.3 is 5.11 Å². The molecule has 0 atom stereocenters. The molecular weight excluding hydrogens is 320 g/mol. The molecule has 0 unspecified atom stereocenters. The molecule has 1 aromatic heterocycles. The number of rotatable bonds is 4. The van der Waals surface area contributed by atoms with E-state index in [1.807, 2.05) is 0 Å². The summed E-state index contributed by atoms with van der Waals surface area (Å²) in [7, 11) is -3.70. The Kier molecular flexibility index (Phi) is 4.76. The Morgan fingerprint density at radius 3 is 2.55 bits per heavy atom. The molecule has 1 aliphatic carbocycles. The van der Waals surface area contributed by atoms with Gasteiger partial charge in [0.05, 0.1) is 17.8 Å². The molecule has 20 heavy (non-hydrogen) atoms. The van der Waals surface area contributed by atoms with Crippen molar-refractivity contribution in [2.75, 3.05) is 6.61 Å². The zero-order valence-electron chi connectivity index (χ0n) is 11.5. The van der Waals surface area contributed by atoms with Crippen LogP contribution in [0.15, 0.2) is 4.21 Å². The standard InChI is InChI=1S/C12H19ClN2O3S2/c1-8-3-5-12(7-16,6-4-8)15-20(17,18)10-9(2)14-11(13)19-10/h8,15-16H,3-7H2,1-2H3. The molecule has 0 amide bonds. The maximum absolute atomic E-state index is 12.5. The van der Waals surface area contributed by atoms with Crippen LogP contribution in [-0.2, 0) is 10.0 Å². The lowest BCUT2D eigenvalue weighted by Crippen LogP contribution is -2.53. The summed E-state index contributed by atoms with van der Waals surface area (Å²) in [4.78, 5) is 3.93. The number of thiazole rings is 1. The molecule has 1 saturated carbocycles. The fourth-order valence-corrected chi connectivity index (χ4v) is 5.73. The number of aromatic nitrogens is 1. The number of halogens is 1. The third-order valence-corrected chi connectivity index (χ3v) is 7.31. The highest BCUT2D eigenvalue weighted by Gasteiger charge is 2.38. The van der Waals surface area contributed by atoms with Gasteiger partial charge in [-0.15, -0.1) is 0 Å². The highest BCUT2D eigenvalue weighted by molar-refractivity contribution is 7.91. The van der Waals surface area contributed by atoms with Crippen molar-refractivity contribution in [3.05, 3.63) is 10.2 Å². The lowest BCUT2D eigenvalue weighted by atomic mass is 9.78. The molecule has 1 aromatic rings. The number of aliphatic hydroxyl groups excluding tert-OH is 1. The lowest BCUT2D eigenvalue weighted by Gasteiger charge is -2.38. The van der Waals surface area contributed by atoms with Gasteiger partial charge in [0.15, 0.2) is 8.68 Å². The molecule has 0 radical (unpaired) electrons. The summed E-state index contributed by atoms with van der Waals surface area (Å²) in [6.07, 6.45) is 3.11. The van der Waals surface area contributed by atoms with Gasteiger partial charge in [0.1, 0.15) is 0 Å². The van der Waals surface area contributed by atoms with Crippen molar-refractivity contribution in [3.8, 4) is 0 Å². The van der Waals surface area contributed by atoms with Gasteiger partial charge in [-0.05, 0) is 38.5 Å². The highest BCUT2D eigenvalue weighted by Crippen LogP contribution is 2.34. The average molecular weight is 339 g/mol. The van der Waals surface area contributed by atoms with Crippen molar-refractivity contribution in [2.45, 2.75) is 49.3 Å². The molecule has 1 fully saturated rings. The molecule has 0 bridgehead atoms. The first-order chi connectivity index (χ1) is 9.28. The van der Waals surface area contributed by atoms with Gasteiger partial charge >= 0.3 is 0 Å². The van der Waals surface area contributed by atoms with Gasteiger partial charge in [0.25, 0.3) is 10.0 Å². The van der Waals surface area contributed by atoms with E-state index in [2.05, 4.69) is 16.6 Å². The molecule has 0 spiro atoms. The van der Waals surface area contributed by atoms with Gasteiger partial charge in [0, 0.05) is 0 Å². The van der Waals surface area contributed by atoms with Crippen molar-refractivity contribution in [1.82, 2.24) is 9.71 Å². The zero-order valence-corrected chi connectivity index (χ0v) is 13.9. The maximum atomic E-state index is 12.5. The normalized spacial score (nSPS) is 27.7. The largest absolute Gasteiger partial charge is 0.394 e. The monoisotopic (exact) mass is 338 g/mol. The van der Waals surface area contributed by atoms with Crippen LogP contribution >= 0.6 is 22.9 Å². The van der Waals surface area contributed by atoms with E-state index in [1.165, 1.54) is 0 Å². The first kappa shape index (κ1) is 16.2. The molecule has 0 saturated heterocycles. The number of aryl methyl sites for hydroxylation is 1. The molecule has 2 rings (SSSR count). The summed E-state index contributed by atoms with van der Waals surface area (Å²) in [6, 6.07) is 0. The topological polar surface area (TPSA) is 79.3 Å². The zero-order chi connectivity index (χ0) is 15.0. The second kappa shape index (κ2) is 5.88. The molecule has 2 N–H and O–H groups in total. The summed E-state index contributed by atoms with van der Waals surface area (Å²) < 4.78 is 28.0. The Morgan fingerprint density at radius 2 is 2.10 bits per heavy atom. The van der Waals surface area contributed by atoms with Gasteiger partial charge in [-0.1, -0.05) is 29.9 Å². The van der Waals surface area contributed by atoms with Crippen molar-refractivity contribution >= 4 is 33.0 Å². The first-order valence-electron chi connectivity index (χ1n) is 6.56. The average Bonchev–Trinajstić information content (AvgIpc) is 2.72. The molecule has 1 heterocycles. The number of sulfonamides is 1. The Labute approximate surface area is 128 Å². The summed E-state index contributed by atoms with van der Waals surface area (Å²) in [5.41, 5.74) is -0.362. The quantitative estimate of drug-likeness (QED) is 0.883. The van der Waals surface area contributed by atoms with Crippen molar-refractivity contribution in [3.63, 3.8) is 0 Å². The maximum Gasteiger partial charge on any atom is 0.252 e. The van der Waals surface area contributed by atoms with Crippen LogP contribution in [0.3, 0.4) is 0 Å². The van der Waals surface area contributed by atoms with E-state index < -0.39 is 15.6 Å². The van der Waals surface area contributed by atoms with Crippen LogP contribution in [-0.4, -0.2) is 30.7 Å². The molecule has 0 aromatic carbocycles.